The van der Waals surface area contributed by atoms with Crippen LogP contribution in [0.2, 0.25) is 0 Å². The van der Waals surface area contributed by atoms with Gasteiger partial charge in [-0.3, -0.25) is 9.78 Å². The Labute approximate surface area is 127 Å². The van der Waals surface area contributed by atoms with E-state index >= 15 is 0 Å². The minimum Gasteiger partial charge on any atom is -0.383 e. The van der Waals surface area contributed by atoms with Gasteiger partial charge in [-0.1, -0.05) is 0 Å². The summed E-state index contributed by atoms with van der Waals surface area (Å²) in [6.45, 7) is 0.731. The number of pyridine rings is 1. The van der Waals surface area contributed by atoms with Crippen molar-refractivity contribution in [3.8, 4) is 11.3 Å². The number of amides is 1. The van der Waals surface area contributed by atoms with Crippen LogP contribution in [-0.4, -0.2) is 42.2 Å². The lowest BCUT2D eigenvalue weighted by atomic mass is 10.2. The molecule has 6 nitrogen and oxygen atoms in total. The molecule has 2 heterocycles. The quantitative estimate of drug-likeness (QED) is 0.791. The lowest BCUT2D eigenvalue weighted by molar-refractivity contribution is -0.123. The zero-order valence-corrected chi connectivity index (χ0v) is 12.6. The van der Waals surface area contributed by atoms with E-state index in [1.54, 1.807) is 23.7 Å². The number of hydrogen-bond donors (Lipinski definition) is 2. The summed E-state index contributed by atoms with van der Waals surface area (Å²) in [5.74, 6) is -0.206. The Balaban J connectivity index is 1.82. The molecule has 0 bridgehead atoms. The molecule has 21 heavy (non-hydrogen) atoms. The Hall–Kier alpha value is -1.83. The molecule has 0 spiro atoms. The normalized spacial score (nSPS) is 12.1. The van der Waals surface area contributed by atoms with Crippen molar-refractivity contribution in [3.05, 3.63) is 34.9 Å². The molecule has 0 saturated carbocycles. The molecule has 7 heteroatoms. The minimum atomic E-state index is -0.626. The van der Waals surface area contributed by atoms with Crippen molar-refractivity contribution in [3.63, 3.8) is 0 Å². The van der Waals surface area contributed by atoms with Gasteiger partial charge in [0.2, 0.25) is 5.91 Å². The molecule has 2 aromatic heterocycles. The molecule has 0 aromatic carbocycles. The molecule has 0 aliphatic carbocycles. The Morgan fingerprint density at radius 3 is 2.95 bits per heavy atom. The molecule has 1 amide bonds. The highest BCUT2D eigenvalue weighted by atomic mass is 32.1. The number of carbonyl (C=O) groups excluding carboxylic acids is 1. The Bertz CT molecular complexity index is 573. The number of hydrogen-bond acceptors (Lipinski definition) is 6. The van der Waals surface area contributed by atoms with E-state index in [1.165, 1.54) is 7.11 Å². The maximum absolute atomic E-state index is 11.6. The van der Waals surface area contributed by atoms with Crippen molar-refractivity contribution in [1.29, 1.82) is 0 Å². The van der Waals surface area contributed by atoms with Gasteiger partial charge < -0.3 is 15.8 Å². The summed E-state index contributed by atoms with van der Waals surface area (Å²) < 4.78 is 4.84. The molecule has 0 fully saturated rings. The zero-order valence-electron chi connectivity index (χ0n) is 11.8. The van der Waals surface area contributed by atoms with E-state index in [2.05, 4.69) is 15.3 Å². The number of carbonyl (C=O) groups is 1. The molecule has 112 valence electrons. The number of ether oxygens (including phenoxy) is 1. The number of methoxy groups -OCH3 is 1. The van der Waals surface area contributed by atoms with Crippen molar-refractivity contribution < 1.29 is 9.53 Å². The number of nitrogens with zero attached hydrogens (tertiary/aromatic N) is 2. The maximum atomic E-state index is 11.6. The van der Waals surface area contributed by atoms with Crippen LogP contribution in [-0.2, 0) is 16.0 Å². The van der Waals surface area contributed by atoms with Gasteiger partial charge in [0.15, 0.2) is 0 Å². The highest BCUT2D eigenvalue weighted by Gasteiger charge is 2.12. The molecule has 0 saturated heterocycles. The second-order valence-corrected chi connectivity index (χ2v) is 5.41. The van der Waals surface area contributed by atoms with Crippen LogP contribution in [0.4, 0.5) is 0 Å². The maximum Gasteiger partial charge on any atom is 0.239 e. The molecule has 1 atom stereocenters. The number of aromatic nitrogens is 2. The van der Waals surface area contributed by atoms with E-state index in [-0.39, 0.29) is 12.5 Å². The molecule has 2 aromatic rings. The molecular formula is C14H18N4O2S. The predicted molar refractivity (Wildman–Crippen MR) is 81.9 cm³/mol. The fraction of sp³-hybridized carbons (Fsp3) is 0.357. The van der Waals surface area contributed by atoms with Crippen LogP contribution in [0.15, 0.2) is 29.9 Å². The molecule has 3 N–H and O–H groups in total. The van der Waals surface area contributed by atoms with Crippen LogP contribution in [0.25, 0.3) is 11.3 Å². The van der Waals surface area contributed by atoms with Crippen LogP contribution in [0, 0.1) is 0 Å². The second kappa shape index (κ2) is 7.82. The SMILES string of the molecule is COCC(N)C(=O)NCCc1nc(-c2ccncc2)cs1. The van der Waals surface area contributed by atoms with E-state index in [0.29, 0.717) is 13.0 Å². The summed E-state index contributed by atoms with van der Waals surface area (Å²) >= 11 is 1.58. The minimum absolute atomic E-state index is 0.206. The fourth-order valence-corrected chi connectivity index (χ4v) is 2.57. The van der Waals surface area contributed by atoms with Gasteiger partial charge in [0.25, 0.3) is 0 Å². The van der Waals surface area contributed by atoms with Crippen LogP contribution in [0.3, 0.4) is 0 Å². The third-order valence-corrected chi connectivity index (χ3v) is 3.76. The van der Waals surface area contributed by atoms with Crippen molar-refractivity contribution in [1.82, 2.24) is 15.3 Å². The monoisotopic (exact) mass is 306 g/mol. The number of nitrogens with two attached hydrogens (primary N) is 1. The number of rotatable bonds is 7. The second-order valence-electron chi connectivity index (χ2n) is 4.47. The summed E-state index contributed by atoms with van der Waals surface area (Å²) in [4.78, 5) is 20.1. The Morgan fingerprint density at radius 2 is 2.24 bits per heavy atom. The van der Waals surface area contributed by atoms with E-state index in [1.807, 2.05) is 17.5 Å². The Kier molecular flexibility index (Phi) is 5.79. The molecular weight excluding hydrogens is 288 g/mol. The van der Waals surface area contributed by atoms with Gasteiger partial charge in [0.1, 0.15) is 6.04 Å². The average molecular weight is 306 g/mol. The van der Waals surface area contributed by atoms with E-state index in [0.717, 1.165) is 16.3 Å². The van der Waals surface area contributed by atoms with Crippen molar-refractivity contribution in [2.75, 3.05) is 20.3 Å². The van der Waals surface area contributed by atoms with Crippen LogP contribution >= 0.6 is 11.3 Å². The van der Waals surface area contributed by atoms with Gasteiger partial charge in [-0.2, -0.15) is 0 Å². The summed E-state index contributed by atoms with van der Waals surface area (Å²) in [6.07, 6.45) is 4.17. The summed E-state index contributed by atoms with van der Waals surface area (Å²) in [5.41, 5.74) is 7.60. The first-order valence-electron chi connectivity index (χ1n) is 6.57. The van der Waals surface area contributed by atoms with Gasteiger partial charge in [-0.25, -0.2) is 4.98 Å². The number of nitrogens with one attached hydrogen (secondary N) is 1. The fourth-order valence-electron chi connectivity index (χ4n) is 1.76. The van der Waals surface area contributed by atoms with Crippen molar-refractivity contribution in [2.45, 2.75) is 12.5 Å². The first kappa shape index (κ1) is 15.6. The smallest absolute Gasteiger partial charge is 0.239 e. The van der Waals surface area contributed by atoms with Crippen molar-refractivity contribution >= 4 is 17.2 Å². The highest BCUT2D eigenvalue weighted by molar-refractivity contribution is 7.09. The highest BCUT2D eigenvalue weighted by Crippen LogP contribution is 2.21. The molecule has 1 unspecified atom stereocenters. The summed E-state index contributed by atoms with van der Waals surface area (Å²) in [6, 6.07) is 3.22. The van der Waals surface area contributed by atoms with Crippen molar-refractivity contribution in [2.24, 2.45) is 5.73 Å². The third-order valence-electron chi connectivity index (χ3n) is 2.85. The lowest BCUT2D eigenvalue weighted by Gasteiger charge is -2.10. The average Bonchev–Trinajstić information content (AvgIpc) is 2.97. The summed E-state index contributed by atoms with van der Waals surface area (Å²) in [5, 5.41) is 5.76. The van der Waals surface area contributed by atoms with Crippen LogP contribution in [0.1, 0.15) is 5.01 Å². The molecule has 0 aliphatic heterocycles. The molecule has 0 aliphatic rings. The van der Waals surface area contributed by atoms with Crippen LogP contribution < -0.4 is 11.1 Å². The standard InChI is InChI=1S/C14H18N4O2S/c1-20-8-11(15)14(19)17-7-4-13-18-12(9-21-13)10-2-5-16-6-3-10/h2-3,5-6,9,11H,4,7-8,15H2,1H3,(H,17,19). The van der Waals surface area contributed by atoms with E-state index in [4.69, 9.17) is 10.5 Å². The van der Waals surface area contributed by atoms with Gasteiger partial charge in [-0.05, 0) is 12.1 Å². The number of thiazole rings is 1. The van der Waals surface area contributed by atoms with Gasteiger partial charge in [0, 0.05) is 43.4 Å². The Morgan fingerprint density at radius 1 is 1.48 bits per heavy atom. The molecule has 2 rings (SSSR count). The summed E-state index contributed by atoms with van der Waals surface area (Å²) in [7, 11) is 1.52. The third kappa shape index (κ3) is 4.59. The van der Waals surface area contributed by atoms with Gasteiger partial charge in [-0.15, -0.1) is 11.3 Å². The zero-order chi connectivity index (χ0) is 15.1. The van der Waals surface area contributed by atoms with Crippen LogP contribution in [0.5, 0.6) is 0 Å². The first-order chi connectivity index (χ1) is 10.2. The molecule has 0 radical (unpaired) electrons. The van der Waals surface area contributed by atoms with E-state index in [9.17, 15) is 4.79 Å². The first-order valence-corrected chi connectivity index (χ1v) is 7.45. The van der Waals surface area contributed by atoms with Gasteiger partial charge >= 0.3 is 0 Å². The predicted octanol–water partition coefficient (Wildman–Crippen LogP) is 0.838. The van der Waals surface area contributed by atoms with Gasteiger partial charge in [0.05, 0.1) is 17.3 Å². The topological polar surface area (TPSA) is 90.1 Å². The van der Waals surface area contributed by atoms with E-state index < -0.39 is 6.04 Å². The lowest BCUT2D eigenvalue weighted by Crippen LogP contribution is -2.44. The largest absolute Gasteiger partial charge is 0.383 e.